The molecule has 134 valence electrons. The Morgan fingerprint density at radius 1 is 1.32 bits per heavy atom. The number of aliphatic hydroxyl groups is 1. The van der Waals surface area contributed by atoms with Gasteiger partial charge in [0, 0.05) is 49.5 Å². The topological polar surface area (TPSA) is 54.7 Å². The van der Waals surface area contributed by atoms with Crippen molar-refractivity contribution in [1.82, 2.24) is 9.47 Å². The number of likely N-dealkylation sites (tertiary alicyclic amines) is 1. The standard InChI is InChI=1S/C20H26N2O3/c1-3-25-18-13-17(23)20(18)8-10-22(11-9-20)19(24)16-12-14-6-4-5-7-15(14)21(16)2/h4-7,12,17-18,23H,3,8-11,13H2,1-2H3/t17-,18+/m1/s1. The molecule has 0 unspecified atom stereocenters. The van der Waals surface area contributed by atoms with Crippen LogP contribution in [0.4, 0.5) is 0 Å². The second kappa shape index (κ2) is 6.15. The van der Waals surface area contributed by atoms with Gasteiger partial charge >= 0.3 is 0 Å². The van der Waals surface area contributed by atoms with Crippen molar-refractivity contribution in [2.24, 2.45) is 12.5 Å². The van der Waals surface area contributed by atoms with Gasteiger partial charge in [-0.3, -0.25) is 4.79 Å². The molecule has 2 aliphatic rings. The van der Waals surface area contributed by atoms with E-state index in [-0.39, 0.29) is 23.5 Å². The van der Waals surface area contributed by atoms with Gasteiger partial charge in [0.2, 0.25) is 0 Å². The number of para-hydroxylation sites is 1. The fraction of sp³-hybridized carbons (Fsp3) is 0.550. The van der Waals surface area contributed by atoms with Crippen molar-refractivity contribution >= 4 is 16.8 Å². The number of hydrogen-bond acceptors (Lipinski definition) is 3. The fourth-order valence-corrected chi connectivity index (χ4v) is 4.60. The quantitative estimate of drug-likeness (QED) is 0.933. The number of nitrogens with zero attached hydrogens (tertiary/aromatic N) is 2. The summed E-state index contributed by atoms with van der Waals surface area (Å²) in [6, 6.07) is 10.0. The summed E-state index contributed by atoms with van der Waals surface area (Å²) in [5.74, 6) is 0.0790. The minimum Gasteiger partial charge on any atom is -0.392 e. The number of ether oxygens (including phenoxy) is 1. The molecule has 2 aromatic rings. The molecular formula is C20H26N2O3. The first kappa shape index (κ1) is 16.6. The number of fused-ring (bicyclic) bond motifs is 1. The van der Waals surface area contributed by atoms with Crippen LogP contribution in [-0.4, -0.2) is 52.4 Å². The second-order valence-electron chi connectivity index (χ2n) is 7.37. The van der Waals surface area contributed by atoms with Crippen LogP contribution in [0.25, 0.3) is 10.9 Å². The summed E-state index contributed by atoms with van der Waals surface area (Å²) < 4.78 is 7.79. The number of rotatable bonds is 3. The lowest BCUT2D eigenvalue weighted by molar-refractivity contribution is -0.207. The van der Waals surface area contributed by atoms with E-state index in [9.17, 15) is 9.90 Å². The highest BCUT2D eigenvalue weighted by Gasteiger charge is 2.56. The monoisotopic (exact) mass is 342 g/mol. The smallest absolute Gasteiger partial charge is 0.270 e. The molecule has 1 spiro atoms. The molecule has 1 aromatic heterocycles. The molecule has 1 aromatic carbocycles. The van der Waals surface area contributed by atoms with Crippen molar-refractivity contribution in [3.05, 3.63) is 36.0 Å². The normalized spacial score (nSPS) is 25.3. The molecule has 2 heterocycles. The number of piperidine rings is 1. The Morgan fingerprint density at radius 2 is 2.04 bits per heavy atom. The maximum atomic E-state index is 13.0. The van der Waals surface area contributed by atoms with Crippen LogP contribution in [0.5, 0.6) is 0 Å². The van der Waals surface area contributed by atoms with Crippen LogP contribution in [0.2, 0.25) is 0 Å². The summed E-state index contributed by atoms with van der Waals surface area (Å²) in [6.07, 6.45) is 2.20. The molecule has 25 heavy (non-hydrogen) atoms. The molecule has 2 fully saturated rings. The van der Waals surface area contributed by atoms with Gasteiger partial charge in [-0.2, -0.15) is 0 Å². The Morgan fingerprint density at radius 3 is 2.68 bits per heavy atom. The first-order chi connectivity index (χ1) is 12.1. The van der Waals surface area contributed by atoms with Gasteiger partial charge in [-0.1, -0.05) is 18.2 Å². The summed E-state index contributed by atoms with van der Waals surface area (Å²) in [5.41, 5.74) is 1.66. The lowest BCUT2D eigenvalue weighted by Crippen LogP contribution is -2.62. The van der Waals surface area contributed by atoms with Crippen molar-refractivity contribution in [3.8, 4) is 0 Å². The second-order valence-corrected chi connectivity index (χ2v) is 7.37. The molecule has 1 amide bonds. The SMILES string of the molecule is CCO[C@H]1C[C@@H](O)C12CCN(C(=O)c1cc3ccccc3n1C)CC2. The van der Waals surface area contributed by atoms with E-state index >= 15 is 0 Å². The molecule has 1 saturated carbocycles. The summed E-state index contributed by atoms with van der Waals surface area (Å²) in [4.78, 5) is 14.9. The number of amides is 1. The molecule has 1 aliphatic heterocycles. The lowest BCUT2D eigenvalue weighted by Gasteiger charge is -2.56. The molecule has 5 nitrogen and oxygen atoms in total. The van der Waals surface area contributed by atoms with Crippen LogP contribution >= 0.6 is 0 Å². The van der Waals surface area contributed by atoms with Crippen LogP contribution < -0.4 is 0 Å². The van der Waals surface area contributed by atoms with Crippen molar-refractivity contribution in [2.45, 2.75) is 38.4 Å². The summed E-state index contributed by atoms with van der Waals surface area (Å²) in [5, 5.41) is 11.4. The molecule has 1 N–H and O–H groups in total. The lowest BCUT2D eigenvalue weighted by atomic mass is 9.58. The van der Waals surface area contributed by atoms with Gasteiger partial charge in [0.05, 0.1) is 12.2 Å². The average Bonchev–Trinajstić information content (AvgIpc) is 2.98. The number of aryl methyl sites for hydroxylation is 1. The number of aliphatic hydroxyl groups excluding tert-OH is 1. The van der Waals surface area contributed by atoms with Crippen molar-refractivity contribution < 1.29 is 14.6 Å². The molecule has 1 aliphatic carbocycles. The van der Waals surface area contributed by atoms with Gasteiger partial charge in [0.25, 0.3) is 5.91 Å². The van der Waals surface area contributed by atoms with Crippen molar-refractivity contribution in [3.63, 3.8) is 0 Å². The predicted molar refractivity (Wildman–Crippen MR) is 96.5 cm³/mol. The van der Waals surface area contributed by atoms with Gasteiger partial charge in [-0.05, 0) is 31.9 Å². The number of benzene rings is 1. The van der Waals surface area contributed by atoms with E-state index in [2.05, 4.69) is 0 Å². The average molecular weight is 342 g/mol. The van der Waals surface area contributed by atoms with E-state index in [1.54, 1.807) is 0 Å². The number of carbonyl (C=O) groups excluding carboxylic acids is 1. The zero-order valence-corrected chi connectivity index (χ0v) is 14.9. The van der Waals surface area contributed by atoms with Crippen LogP contribution in [-0.2, 0) is 11.8 Å². The summed E-state index contributed by atoms with van der Waals surface area (Å²) >= 11 is 0. The van der Waals surface area contributed by atoms with Crippen LogP contribution in [0.15, 0.2) is 30.3 Å². The third kappa shape index (κ3) is 2.49. The van der Waals surface area contributed by atoms with Gasteiger partial charge in [-0.25, -0.2) is 0 Å². The highest BCUT2D eigenvalue weighted by atomic mass is 16.5. The summed E-state index contributed by atoms with van der Waals surface area (Å²) in [6.45, 7) is 4.04. The molecule has 2 atom stereocenters. The third-order valence-electron chi connectivity index (χ3n) is 6.26. The first-order valence-electron chi connectivity index (χ1n) is 9.20. The Hall–Kier alpha value is -1.85. The molecular weight excluding hydrogens is 316 g/mol. The molecule has 0 bridgehead atoms. The number of hydrogen-bond donors (Lipinski definition) is 1. The Labute approximate surface area is 148 Å². The maximum absolute atomic E-state index is 13.0. The summed E-state index contributed by atoms with van der Waals surface area (Å²) in [7, 11) is 1.95. The Bertz CT molecular complexity index is 787. The van der Waals surface area contributed by atoms with Crippen molar-refractivity contribution in [1.29, 1.82) is 0 Å². The minimum atomic E-state index is -0.293. The largest absolute Gasteiger partial charge is 0.392 e. The maximum Gasteiger partial charge on any atom is 0.270 e. The van der Waals surface area contributed by atoms with Crippen LogP contribution in [0, 0.1) is 5.41 Å². The Balaban J connectivity index is 1.50. The fourth-order valence-electron chi connectivity index (χ4n) is 4.60. The predicted octanol–water partition coefficient (Wildman–Crippen LogP) is 2.57. The van der Waals surface area contributed by atoms with Crippen LogP contribution in [0.1, 0.15) is 36.7 Å². The number of carbonyl (C=O) groups is 1. The Kier molecular flexibility index (Phi) is 4.08. The van der Waals surface area contributed by atoms with Crippen molar-refractivity contribution in [2.75, 3.05) is 19.7 Å². The molecule has 5 heteroatoms. The van der Waals surface area contributed by atoms with E-state index in [1.165, 1.54) is 0 Å². The zero-order chi connectivity index (χ0) is 17.6. The highest BCUT2D eigenvalue weighted by molar-refractivity contribution is 5.98. The van der Waals surface area contributed by atoms with E-state index in [4.69, 9.17) is 4.74 Å². The molecule has 0 radical (unpaired) electrons. The number of aromatic nitrogens is 1. The van der Waals surface area contributed by atoms with Crippen LogP contribution in [0.3, 0.4) is 0 Å². The van der Waals surface area contributed by atoms with Gasteiger partial charge in [0.15, 0.2) is 0 Å². The first-order valence-corrected chi connectivity index (χ1v) is 9.20. The molecule has 1 saturated heterocycles. The van der Waals surface area contributed by atoms with E-state index in [0.717, 1.165) is 35.9 Å². The van der Waals surface area contributed by atoms with Gasteiger partial charge in [0.1, 0.15) is 5.69 Å². The van der Waals surface area contributed by atoms with Gasteiger partial charge < -0.3 is 19.3 Å². The zero-order valence-electron chi connectivity index (χ0n) is 14.9. The minimum absolute atomic E-state index is 0.0790. The van der Waals surface area contributed by atoms with E-state index in [0.29, 0.717) is 19.7 Å². The highest BCUT2D eigenvalue weighted by Crippen LogP contribution is 2.51. The molecule has 4 rings (SSSR count). The third-order valence-corrected chi connectivity index (χ3v) is 6.26. The van der Waals surface area contributed by atoms with E-state index < -0.39 is 0 Å². The van der Waals surface area contributed by atoms with E-state index in [1.807, 2.05) is 53.8 Å². The van der Waals surface area contributed by atoms with Gasteiger partial charge in [-0.15, -0.1) is 0 Å².